The van der Waals surface area contributed by atoms with E-state index in [0.717, 1.165) is 23.1 Å². The molecule has 0 aliphatic carbocycles. The fraction of sp³-hybridized carbons (Fsp3) is 0.364. The molecule has 0 bridgehead atoms. The van der Waals surface area contributed by atoms with Crippen LogP contribution >= 0.6 is 0 Å². The molecule has 0 unspecified atom stereocenters. The molecule has 68 valence electrons. The molecule has 0 aromatic heterocycles. The van der Waals surface area contributed by atoms with Gasteiger partial charge in [-0.25, -0.2) is 4.74 Å². The van der Waals surface area contributed by atoms with Gasteiger partial charge in [0.2, 0.25) is 0 Å². The van der Waals surface area contributed by atoms with E-state index < -0.39 is 0 Å². The van der Waals surface area contributed by atoms with Crippen molar-refractivity contribution in [1.29, 1.82) is 0 Å². The highest BCUT2D eigenvalue weighted by atomic mass is 16.5. The van der Waals surface area contributed by atoms with Crippen LogP contribution in [0.1, 0.15) is 25.3 Å². The quantitative estimate of drug-likeness (QED) is 0.475. The van der Waals surface area contributed by atoms with Crippen LogP contribution in [0.25, 0.3) is 0 Å². The number of benzene rings is 1. The molecule has 0 saturated carbocycles. The Labute approximate surface area is 78.1 Å². The number of hydrogen-bond donors (Lipinski definition) is 0. The third-order valence-corrected chi connectivity index (χ3v) is 2.81. The zero-order valence-electron chi connectivity index (χ0n) is 7.73. The molecule has 2 heteroatoms. The van der Waals surface area contributed by atoms with Gasteiger partial charge in [0.25, 0.3) is 0 Å². The summed E-state index contributed by atoms with van der Waals surface area (Å²) < 4.78 is 1.09. The zero-order chi connectivity index (χ0) is 9.31. The fourth-order valence-electron chi connectivity index (χ4n) is 1.84. The van der Waals surface area contributed by atoms with E-state index in [1.165, 1.54) is 0 Å². The predicted octanol–water partition coefficient (Wildman–Crippen LogP) is 2.28. The van der Waals surface area contributed by atoms with Gasteiger partial charge < -0.3 is 5.21 Å². The van der Waals surface area contributed by atoms with Crippen LogP contribution in [-0.4, -0.2) is 11.0 Å². The standard InChI is InChI=1S/C11H13NO/c1-11(8-5-9-12(11)13)10-6-3-2-4-7-10/h2-4,6-7,9H,5,8H2,1H3/t11-/m1/s1. The van der Waals surface area contributed by atoms with Gasteiger partial charge in [0.05, 0.1) is 0 Å². The third-order valence-electron chi connectivity index (χ3n) is 2.81. The van der Waals surface area contributed by atoms with Crippen molar-refractivity contribution < 1.29 is 4.74 Å². The largest absolute Gasteiger partial charge is 0.623 e. The number of nitrogens with zero attached hydrogens (tertiary/aromatic N) is 1. The minimum absolute atomic E-state index is 0.332. The summed E-state index contributed by atoms with van der Waals surface area (Å²) in [5, 5.41) is 11.6. The molecular weight excluding hydrogens is 162 g/mol. The average molecular weight is 175 g/mol. The zero-order valence-corrected chi connectivity index (χ0v) is 7.73. The van der Waals surface area contributed by atoms with Crippen LogP contribution in [-0.2, 0) is 5.54 Å². The Morgan fingerprint density at radius 2 is 2.00 bits per heavy atom. The van der Waals surface area contributed by atoms with Gasteiger partial charge in [0.1, 0.15) is 0 Å². The Bertz CT molecular complexity index is 331. The average Bonchev–Trinajstić information content (AvgIpc) is 2.50. The molecule has 0 saturated heterocycles. The van der Waals surface area contributed by atoms with E-state index >= 15 is 0 Å². The van der Waals surface area contributed by atoms with Gasteiger partial charge in [-0.05, 0) is 0 Å². The predicted molar refractivity (Wildman–Crippen MR) is 52.7 cm³/mol. The molecule has 1 heterocycles. The van der Waals surface area contributed by atoms with E-state index in [1.54, 1.807) is 6.21 Å². The minimum Gasteiger partial charge on any atom is -0.623 e. The van der Waals surface area contributed by atoms with E-state index in [9.17, 15) is 5.21 Å². The molecule has 2 nitrogen and oxygen atoms in total. The molecule has 1 atom stereocenters. The third kappa shape index (κ3) is 1.22. The minimum atomic E-state index is -0.332. The van der Waals surface area contributed by atoms with Crippen LogP contribution in [0.4, 0.5) is 0 Å². The van der Waals surface area contributed by atoms with Crippen LogP contribution in [0.15, 0.2) is 30.3 Å². The lowest BCUT2D eigenvalue weighted by Crippen LogP contribution is -2.28. The molecule has 0 spiro atoms. The van der Waals surface area contributed by atoms with Crippen molar-refractivity contribution in [3.05, 3.63) is 41.1 Å². The second kappa shape index (κ2) is 2.87. The van der Waals surface area contributed by atoms with Crippen LogP contribution < -0.4 is 0 Å². The molecule has 1 aliphatic heterocycles. The summed E-state index contributed by atoms with van der Waals surface area (Å²) in [6.45, 7) is 2.00. The SMILES string of the molecule is C[C@]1(c2ccccc2)CCC=[N+]1[O-]. The van der Waals surface area contributed by atoms with Gasteiger partial charge in [0, 0.05) is 25.3 Å². The highest BCUT2D eigenvalue weighted by molar-refractivity contribution is 5.54. The number of hydrogen-bond acceptors (Lipinski definition) is 1. The van der Waals surface area contributed by atoms with E-state index in [-0.39, 0.29) is 5.54 Å². The second-order valence-electron chi connectivity index (χ2n) is 3.69. The van der Waals surface area contributed by atoms with Crippen LogP contribution in [0, 0.1) is 5.21 Å². The van der Waals surface area contributed by atoms with Crippen molar-refractivity contribution in [3.63, 3.8) is 0 Å². The summed E-state index contributed by atoms with van der Waals surface area (Å²) in [4.78, 5) is 0. The summed E-state index contributed by atoms with van der Waals surface area (Å²) >= 11 is 0. The van der Waals surface area contributed by atoms with Crippen LogP contribution in [0.3, 0.4) is 0 Å². The molecule has 0 N–H and O–H groups in total. The highest BCUT2D eigenvalue weighted by Gasteiger charge is 2.38. The maximum absolute atomic E-state index is 11.6. The van der Waals surface area contributed by atoms with Crippen molar-refractivity contribution in [2.45, 2.75) is 25.3 Å². The Morgan fingerprint density at radius 1 is 1.31 bits per heavy atom. The number of hydroxylamine groups is 1. The van der Waals surface area contributed by atoms with Gasteiger partial charge in [-0.15, -0.1) is 0 Å². The maximum atomic E-state index is 11.6. The molecule has 1 aliphatic rings. The van der Waals surface area contributed by atoms with Gasteiger partial charge in [-0.1, -0.05) is 30.3 Å². The van der Waals surface area contributed by atoms with Crippen LogP contribution in [0.5, 0.6) is 0 Å². The first-order chi connectivity index (χ1) is 6.23. The number of rotatable bonds is 1. The first-order valence-electron chi connectivity index (χ1n) is 4.59. The summed E-state index contributed by atoms with van der Waals surface area (Å²) in [5.74, 6) is 0. The van der Waals surface area contributed by atoms with E-state index in [4.69, 9.17) is 0 Å². The molecule has 0 amide bonds. The topological polar surface area (TPSA) is 26.1 Å². The molecule has 0 radical (unpaired) electrons. The molecule has 1 aromatic rings. The first kappa shape index (κ1) is 8.30. The molecular formula is C11H13NO. The fourth-order valence-corrected chi connectivity index (χ4v) is 1.84. The molecule has 2 rings (SSSR count). The van der Waals surface area contributed by atoms with Crippen molar-refractivity contribution in [2.24, 2.45) is 0 Å². The van der Waals surface area contributed by atoms with Crippen LogP contribution in [0.2, 0.25) is 0 Å². The van der Waals surface area contributed by atoms with Gasteiger partial charge >= 0.3 is 0 Å². The summed E-state index contributed by atoms with van der Waals surface area (Å²) in [6, 6.07) is 9.97. The lowest BCUT2D eigenvalue weighted by molar-refractivity contribution is -0.541. The van der Waals surface area contributed by atoms with Crippen molar-refractivity contribution in [3.8, 4) is 0 Å². The van der Waals surface area contributed by atoms with Crippen molar-refractivity contribution in [1.82, 2.24) is 0 Å². The van der Waals surface area contributed by atoms with E-state index in [2.05, 4.69) is 0 Å². The van der Waals surface area contributed by atoms with Gasteiger partial charge in [-0.2, -0.15) is 0 Å². The summed E-state index contributed by atoms with van der Waals surface area (Å²) in [7, 11) is 0. The smallest absolute Gasteiger partial charge is 0.195 e. The van der Waals surface area contributed by atoms with Crippen molar-refractivity contribution in [2.75, 3.05) is 0 Å². The van der Waals surface area contributed by atoms with E-state index in [0.29, 0.717) is 0 Å². The lowest BCUT2D eigenvalue weighted by Gasteiger charge is -2.23. The Kier molecular flexibility index (Phi) is 1.83. The highest BCUT2D eigenvalue weighted by Crippen LogP contribution is 2.32. The lowest BCUT2D eigenvalue weighted by atomic mass is 9.90. The summed E-state index contributed by atoms with van der Waals surface area (Å²) in [5.41, 5.74) is 0.778. The van der Waals surface area contributed by atoms with Gasteiger partial charge in [0.15, 0.2) is 11.8 Å². The maximum Gasteiger partial charge on any atom is 0.195 e. The Hall–Kier alpha value is -1.31. The first-order valence-corrected chi connectivity index (χ1v) is 4.59. The van der Waals surface area contributed by atoms with E-state index in [1.807, 2.05) is 37.3 Å². The molecule has 13 heavy (non-hydrogen) atoms. The molecule has 0 fully saturated rings. The molecule has 1 aromatic carbocycles. The Balaban J connectivity index is 2.41. The van der Waals surface area contributed by atoms with Gasteiger partial charge in [-0.3, -0.25) is 0 Å². The monoisotopic (exact) mass is 175 g/mol. The normalized spacial score (nSPS) is 27.3. The summed E-state index contributed by atoms with van der Waals surface area (Å²) in [6.07, 6.45) is 3.53. The van der Waals surface area contributed by atoms with Crippen molar-refractivity contribution >= 4 is 6.21 Å². The second-order valence-corrected chi connectivity index (χ2v) is 3.69. The Morgan fingerprint density at radius 3 is 2.54 bits per heavy atom.